The van der Waals surface area contributed by atoms with E-state index < -0.39 is 0 Å². The summed E-state index contributed by atoms with van der Waals surface area (Å²) in [6.07, 6.45) is 3.91. The molecular formula is C15H17N3. The summed E-state index contributed by atoms with van der Waals surface area (Å²) in [5.41, 5.74) is 22.7. The van der Waals surface area contributed by atoms with Crippen LogP contribution in [-0.4, -0.2) is 0 Å². The molecule has 0 heterocycles. The summed E-state index contributed by atoms with van der Waals surface area (Å²) < 4.78 is 0. The van der Waals surface area contributed by atoms with Crippen LogP contribution in [0.3, 0.4) is 0 Å². The third-order valence-corrected chi connectivity index (χ3v) is 2.91. The maximum Gasteiger partial charge on any atom is 0.0408 e. The summed E-state index contributed by atoms with van der Waals surface area (Å²) in [6.45, 7) is 1.96. The van der Waals surface area contributed by atoms with Gasteiger partial charge in [0.15, 0.2) is 0 Å². The Kier molecular flexibility index (Phi) is 3.24. The van der Waals surface area contributed by atoms with Gasteiger partial charge in [0.1, 0.15) is 0 Å². The van der Waals surface area contributed by atoms with Crippen molar-refractivity contribution in [3.05, 3.63) is 53.1 Å². The molecule has 2 aromatic carbocycles. The number of hydrogen-bond donors (Lipinski definition) is 3. The van der Waals surface area contributed by atoms with Crippen molar-refractivity contribution in [3.8, 4) is 0 Å². The Balaban J connectivity index is 2.35. The average Bonchev–Trinajstić information content (AvgIpc) is 2.34. The van der Waals surface area contributed by atoms with E-state index in [1.54, 1.807) is 6.07 Å². The molecule has 0 bridgehead atoms. The molecule has 2 aromatic rings. The molecule has 0 aliphatic carbocycles. The van der Waals surface area contributed by atoms with Crippen molar-refractivity contribution in [2.45, 2.75) is 6.92 Å². The standard InChI is InChI=1S/C15H17N3/c1-10-8-12(15(18)9-14(10)17)7-6-11-4-2-3-5-13(11)16/h2-9H,16-18H2,1H3. The number of anilines is 3. The summed E-state index contributed by atoms with van der Waals surface area (Å²) in [6, 6.07) is 11.5. The number of para-hydroxylation sites is 1. The SMILES string of the molecule is Cc1cc(C=Cc2ccccc2N)c(N)cc1N. The predicted octanol–water partition coefficient (Wildman–Crippen LogP) is 2.91. The van der Waals surface area contributed by atoms with Gasteiger partial charge in [-0.1, -0.05) is 30.4 Å². The first kappa shape index (κ1) is 12.0. The van der Waals surface area contributed by atoms with E-state index in [0.717, 1.165) is 22.4 Å². The Morgan fingerprint density at radius 1 is 0.778 bits per heavy atom. The van der Waals surface area contributed by atoms with E-state index in [1.165, 1.54) is 0 Å². The fraction of sp³-hybridized carbons (Fsp3) is 0.0667. The molecule has 0 saturated carbocycles. The molecule has 0 unspecified atom stereocenters. The van der Waals surface area contributed by atoms with E-state index in [2.05, 4.69) is 0 Å². The van der Waals surface area contributed by atoms with Crippen LogP contribution in [0.5, 0.6) is 0 Å². The van der Waals surface area contributed by atoms with Gasteiger partial charge in [-0.2, -0.15) is 0 Å². The highest BCUT2D eigenvalue weighted by molar-refractivity contribution is 5.81. The van der Waals surface area contributed by atoms with Crippen molar-refractivity contribution in [2.24, 2.45) is 0 Å². The van der Waals surface area contributed by atoms with Crippen LogP contribution in [0.25, 0.3) is 12.2 Å². The fourth-order valence-electron chi connectivity index (χ4n) is 1.75. The lowest BCUT2D eigenvalue weighted by atomic mass is 10.1. The van der Waals surface area contributed by atoms with Gasteiger partial charge in [0.05, 0.1) is 0 Å². The maximum absolute atomic E-state index is 5.93. The van der Waals surface area contributed by atoms with Crippen molar-refractivity contribution in [1.29, 1.82) is 0 Å². The first-order valence-corrected chi connectivity index (χ1v) is 5.76. The minimum absolute atomic E-state index is 0.670. The summed E-state index contributed by atoms with van der Waals surface area (Å²) in [5, 5.41) is 0. The molecule has 0 amide bonds. The van der Waals surface area contributed by atoms with Crippen LogP contribution in [0.1, 0.15) is 16.7 Å². The highest BCUT2D eigenvalue weighted by Crippen LogP contribution is 2.23. The lowest BCUT2D eigenvalue weighted by Crippen LogP contribution is -1.96. The van der Waals surface area contributed by atoms with Gasteiger partial charge in [0.2, 0.25) is 0 Å². The number of nitrogen functional groups attached to an aromatic ring is 3. The van der Waals surface area contributed by atoms with Gasteiger partial charge in [-0.25, -0.2) is 0 Å². The number of hydrogen-bond acceptors (Lipinski definition) is 3. The van der Waals surface area contributed by atoms with Crippen molar-refractivity contribution in [1.82, 2.24) is 0 Å². The van der Waals surface area contributed by atoms with E-state index in [0.29, 0.717) is 11.4 Å². The Morgan fingerprint density at radius 2 is 1.44 bits per heavy atom. The molecule has 0 saturated heterocycles. The van der Waals surface area contributed by atoms with Crippen molar-refractivity contribution >= 4 is 29.2 Å². The minimum Gasteiger partial charge on any atom is -0.398 e. The molecule has 0 aliphatic rings. The number of benzene rings is 2. The van der Waals surface area contributed by atoms with Crippen LogP contribution in [0.15, 0.2) is 36.4 Å². The number of aryl methyl sites for hydroxylation is 1. The van der Waals surface area contributed by atoms with Crippen LogP contribution in [0.2, 0.25) is 0 Å². The summed E-state index contributed by atoms with van der Waals surface area (Å²) >= 11 is 0. The van der Waals surface area contributed by atoms with E-state index in [4.69, 9.17) is 17.2 Å². The molecule has 2 rings (SSSR count). The van der Waals surface area contributed by atoms with E-state index in [1.807, 2.05) is 49.4 Å². The van der Waals surface area contributed by atoms with Gasteiger partial charge < -0.3 is 17.2 Å². The van der Waals surface area contributed by atoms with E-state index in [9.17, 15) is 0 Å². The zero-order valence-corrected chi connectivity index (χ0v) is 10.4. The zero-order chi connectivity index (χ0) is 13.1. The van der Waals surface area contributed by atoms with Crippen molar-refractivity contribution in [3.63, 3.8) is 0 Å². The van der Waals surface area contributed by atoms with E-state index in [-0.39, 0.29) is 0 Å². The van der Waals surface area contributed by atoms with Gasteiger partial charge in [-0.05, 0) is 41.8 Å². The van der Waals surface area contributed by atoms with E-state index >= 15 is 0 Å². The number of nitrogens with two attached hydrogens (primary N) is 3. The second-order valence-electron chi connectivity index (χ2n) is 4.30. The molecule has 0 aromatic heterocycles. The van der Waals surface area contributed by atoms with Crippen LogP contribution in [-0.2, 0) is 0 Å². The molecule has 3 nitrogen and oxygen atoms in total. The Bertz CT molecular complexity index is 601. The first-order chi connectivity index (χ1) is 8.58. The van der Waals surface area contributed by atoms with Gasteiger partial charge in [-0.3, -0.25) is 0 Å². The Morgan fingerprint density at radius 3 is 2.17 bits per heavy atom. The lowest BCUT2D eigenvalue weighted by molar-refractivity contribution is 1.46. The molecule has 0 fully saturated rings. The highest BCUT2D eigenvalue weighted by Gasteiger charge is 2.00. The molecule has 0 radical (unpaired) electrons. The summed E-state index contributed by atoms with van der Waals surface area (Å²) in [7, 11) is 0. The molecule has 3 heteroatoms. The third kappa shape index (κ3) is 2.46. The second-order valence-corrected chi connectivity index (χ2v) is 4.30. The Labute approximate surface area is 107 Å². The van der Waals surface area contributed by atoms with Crippen LogP contribution in [0.4, 0.5) is 17.1 Å². The predicted molar refractivity (Wildman–Crippen MR) is 79.8 cm³/mol. The molecule has 0 spiro atoms. The quantitative estimate of drug-likeness (QED) is 0.557. The molecule has 92 valence electrons. The average molecular weight is 239 g/mol. The van der Waals surface area contributed by atoms with Gasteiger partial charge >= 0.3 is 0 Å². The third-order valence-electron chi connectivity index (χ3n) is 2.91. The van der Waals surface area contributed by atoms with Crippen LogP contribution in [0, 0.1) is 6.92 Å². The minimum atomic E-state index is 0.670. The fourth-order valence-corrected chi connectivity index (χ4v) is 1.75. The smallest absolute Gasteiger partial charge is 0.0408 e. The molecule has 0 atom stereocenters. The number of rotatable bonds is 2. The first-order valence-electron chi connectivity index (χ1n) is 5.76. The monoisotopic (exact) mass is 239 g/mol. The maximum atomic E-state index is 5.93. The van der Waals surface area contributed by atoms with Gasteiger partial charge in [0, 0.05) is 17.1 Å². The largest absolute Gasteiger partial charge is 0.398 e. The summed E-state index contributed by atoms with van der Waals surface area (Å²) in [4.78, 5) is 0. The topological polar surface area (TPSA) is 78.1 Å². The molecular weight excluding hydrogens is 222 g/mol. The molecule has 0 aliphatic heterocycles. The lowest BCUT2D eigenvalue weighted by Gasteiger charge is -2.06. The Hall–Kier alpha value is -2.42. The normalized spacial score (nSPS) is 10.9. The molecule has 18 heavy (non-hydrogen) atoms. The van der Waals surface area contributed by atoms with Crippen LogP contribution >= 0.6 is 0 Å². The van der Waals surface area contributed by atoms with Gasteiger partial charge in [0.25, 0.3) is 0 Å². The zero-order valence-electron chi connectivity index (χ0n) is 10.4. The highest BCUT2D eigenvalue weighted by atomic mass is 14.6. The second kappa shape index (κ2) is 4.84. The van der Waals surface area contributed by atoms with Crippen molar-refractivity contribution in [2.75, 3.05) is 17.2 Å². The van der Waals surface area contributed by atoms with Crippen molar-refractivity contribution < 1.29 is 0 Å². The van der Waals surface area contributed by atoms with Gasteiger partial charge in [-0.15, -0.1) is 0 Å². The van der Waals surface area contributed by atoms with Crippen LogP contribution < -0.4 is 17.2 Å². The summed E-state index contributed by atoms with van der Waals surface area (Å²) in [5.74, 6) is 0. The molecule has 6 N–H and O–H groups in total.